The van der Waals surface area contributed by atoms with E-state index in [2.05, 4.69) is 10.6 Å². The standard InChI is InChI=1S/C20H22N4O5S2/c25-19(17-7-3-4-8-18(17)24(26)27)22-20(30)21-15-9-11-16(12-10-15)31(28,29)23-13-5-1-2-6-14-23/h3-4,7-12H,1-2,5-6,13-14H2,(H2,21,22,25,30). The number of nitrogens with one attached hydrogen (secondary N) is 2. The van der Waals surface area contributed by atoms with Gasteiger partial charge in [-0.05, 0) is 55.4 Å². The van der Waals surface area contributed by atoms with E-state index in [4.69, 9.17) is 12.2 Å². The lowest BCUT2D eigenvalue weighted by molar-refractivity contribution is -0.385. The lowest BCUT2D eigenvalue weighted by Crippen LogP contribution is -2.34. The highest BCUT2D eigenvalue weighted by Crippen LogP contribution is 2.22. The van der Waals surface area contributed by atoms with Crippen LogP contribution in [0.3, 0.4) is 0 Å². The smallest absolute Gasteiger partial charge is 0.282 e. The van der Waals surface area contributed by atoms with Crippen LogP contribution in [0.15, 0.2) is 53.4 Å². The second-order valence-electron chi connectivity index (χ2n) is 7.03. The fourth-order valence-corrected chi connectivity index (χ4v) is 5.03. The predicted molar refractivity (Wildman–Crippen MR) is 120 cm³/mol. The number of nitro benzene ring substituents is 1. The molecule has 1 aliphatic rings. The predicted octanol–water partition coefficient (Wildman–Crippen LogP) is 3.29. The van der Waals surface area contributed by atoms with Crippen molar-refractivity contribution in [2.75, 3.05) is 18.4 Å². The van der Waals surface area contributed by atoms with Gasteiger partial charge in [0.2, 0.25) is 10.0 Å². The second-order valence-corrected chi connectivity index (χ2v) is 9.37. The number of nitro groups is 1. The van der Waals surface area contributed by atoms with Crippen LogP contribution in [-0.2, 0) is 10.0 Å². The summed E-state index contributed by atoms with van der Waals surface area (Å²) in [5, 5.41) is 16.2. The number of hydrogen-bond acceptors (Lipinski definition) is 6. The summed E-state index contributed by atoms with van der Waals surface area (Å²) in [5.41, 5.74) is 0.0316. The summed E-state index contributed by atoms with van der Waals surface area (Å²) >= 11 is 5.11. The molecule has 164 valence electrons. The molecule has 0 spiro atoms. The van der Waals surface area contributed by atoms with Crippen molar-refractivity contribution in [1.82, 2.24) is 9.62 Å². The van der Waals surface area contributed by atoms with Gasteiger partial charge in [-0.25, -0.2) is 8.42 Å². The van der Waals surface area contributed by atoms with E-state index < -0.39 is 20.9 Å². The zero-order chi connectivity index (χ0) is 22.4. The van der Waals surface area contributed by atoms with Crippen LogP contribution < -0.4 is 10.6 Å². The zero-order valence-corrected chi connectivity index (χ0v) is 18.2. The Hall–Kier alpha value is -2.89. The van der Waals surface area contributed by atoms with Crippen LogP contribution in [0.1, 0.15) is 36.0 Å². The van der Waals surface area contributed by atoms with Crippen molar-refractivity contribution in [1.29, 1.82) is 0 Å². The number of sulfonamides is 1. The molecule has 1 fully saturated rings. The summed E-state index contributed by atoms with van der Waals surface area (Å²) in [4.78, 5) is 23.0. The van der Waals surface area contributed by atoms with Crippen LogP contribution in [0, 0.1) is 10.1 Å². The van der Waals surface area contributed by atoms with E-state index >= 15 is 0 Å². The molecule has 2 N–H and O–H groups in total. The van der Waals surface area contributed by atoms with E-state index in [1.165, 1.54) is 40.7 Å². The van der Waals surface area contributed by atoms with Crippen molar-refractivity contribution >= 4 is 44.6 Å². The zero-order valence-electron chi connectivity index (χ0n) is 16.6. The van der Waals surface area contributed by atoms with Crippen LogP contribution in [0.25, 0.3) is 0 Å². The molecule has 9 nitrogen and oxygen atoms in total. The Labute approximate surface area is 185 Å². The highest BCUT2D eigenvalue weighted by atomic mass is 32.2. The molecule has 1 amide bonds. The molecule has 0 saturated carbocycles. The molecule has 0 atom stereocenters. The van der Waals surface area contributed by atoms with E-state index in [0.717, 1.165) is 25.7 Å². The summed E-state index contributed by atoms with van der Waals surface area (Å²) in [6.45, 7) is 1.04. The Morgan fingerprint density at radius 1 is 1.00 bits per heavy atom. The molecule has 0 unspecified atom stereocenters. The van der Waals surface area contributed by atoms with Crippen LogP contribution in [0.5, 0.6) is 0 Å². The third-order valence-corrected chi connectivity index (χ3v) is 7.00. The van der Waals surface area contributed by atoms with Crippen molar-refractivity contribution in [3.63, 3.8) is 0 Å². The molecular formula is C20H22N4O5S2. The number of amides is 1. The minimum Gasteiger partial charge on any atom is -0.332 e. The number of para-hydroxylation sites is 1. The lowest BCUT2D eigenvalue weighted by Gasteiger charge is -2.20. The van der Waals surface area contributed by atoms with Gasteiger partial charge in [0.25, 0.3) is 11.6 Å². The Kier molecular flexibility index (Phi) is 7.31. The number of carbonyl (C=O) groups is 1. The third-order valence-electron chi connectivity index (χ3n) is 4.89. The third kappa shape index (κ3) is 5.63. The van der Waals surface area contributed by atoms with Gasteiger partial charge in [0.05, 0.1) is 9.82 Å². The number of carbonyl (C=O) groups excluding carboxylic acids is 1. The first kappa shape index (κ1) is 22.8. The normalized spacial score (nSPS) is 15.0. The van der Waals surface area contributed by atoms with Gasteiger partial charge in [-0.1, -0.05) is 25.0 Å². The van der Waals surface area contributed by atoms with Crippen LogP contribution in [-0.4, -0.2) is 41.8 Å². The van der Waals surface area contributed by atoms with Gasteiger partial charge in [0.1, 0.15) is 5.56 Å². The molecule has 0 bridgehead atoms. The lowest BCUT2D eigenvalue weighted by atomic mass is 10.1. The Balaban J connectivity index is 1.65. The van der Waals surface area contributed by atoms with Gasteiger partial charge < -0.3 is 5.32 Å². The molecular weight excluding hydrogens is 440 g/mol. The molecule has 11 heteroatoms. The second kappa shape index (κ2) is 9.94. The number of benzene rings is 2. The fourth-order valence-electron chi connectivity index (χ4n) is 3.30. The maximum absolute atomic E-state index is 12.8. The van der Waals surface area contributed by atoms with Gasteiger partial charge in [0.15, 0.2) is 5.11 Å². The van der Waals surface area contributed by atoms with Crippen LogP contribution in [0.4, 0.5) is 11.4 Å². The summed E-state index contributed by atoms with van der Waals surface area (Å²) in [6, 6.07) is 11.6. The van der Waals surface area contributed by atoms with Crippen molar-refractivity contribution in [2.24, 2.45) is 0 Å². The molecule has 0 aromatic heterocycles. The van der Waals surface area contributed by atoms with Crippen molar-refractivity contribution in [3.8, 4) is 0 Å². The number of nitrogens with zero attached hydrogens (tertiary/aromatic N) is 2. The van der Waals surface area contributed by atoms with Gasteiger partial charge >= 0.3 is 0 Å². The van der Waals surface area contributed by atoms with Gasteiger partial charge in [-0.2, -0.15) is 4.31 Å². The molecule has 3 rings (SSSR count). The minimum atomic E-state index is -3.56. The molecule has 1 aliphatic heterocycles. The van der Waals surface area contributed by atoms with Crippen molar-refractivity contribution in [3.05, 3.63) is 64.2 Å². The summed E-state index contributed by atoms with van der Waals surface area (Å²) in [6.07, 6.45) is 3.77. The molecule has 2 aromatic carbocycles. The molecule has 2 aromatic rings. The van der Waals surface area contributed by atoms with Crippen LogP contribution >= 0.6 is 12.2 Å². The van der Waals surface area contributed by atoms with Gasteiger partial charge in [0, 0.05) is 24.8 Å². The number of thiocarbonyl (C=S) groups is 1. The van der Waals surface area contributed by atoms with Crippen LogP contribution in [0.2, 0.25) is 0 Å². The van der Waals surface area contributed by atoms with E-state index in [9.17, 15) is 23.3 Å². The van der Waals surface area contributed by atoms with E-state index in [0.29, 0.717) is 18.8 Å². The Morgan fingerprint density at radius 3 is 2.23 bits per heavy atom. The summed E-state index contributed by atoms with van der Waals surface area (Å²) < 4.78 is 27.2. The highest BCUT2D eigenvalue weighted by molar-refractivity contribution is 7.89. The van der Waals surface area contributed by atoms with Gasteiger partial charge in [-0.15, -0.1) is 0 Å². The van der Waals surface area contributed by atoms with E-state index in [1.807, 2.05) is 0 Å². The maximum Gasteiger partial charge on any atom is 0.282 e. The summed E-state index contributed by atoms with van der Waals surface area (Å²) in [7, 11) is -3.56. The summed E-state index contributed by atoms with van der Waals surface area (Å²) in [5.74, 6) is -0.717. The SMILES string of the molecule is O=C(NC(=S)Nc1ccc(S(=O)(=O)N2CCCCCC2)cc1)c1ccccc1[N+](=O)[O-]. The monoisotopic (exact) mass is 462 g/mol. The van der Waals surface area contributed by atoms with Gasteiger partial charge in [-0.3, -0.25) is 20.2 Å². The molecule has 31 heavy (non-hydrogen) atoms. The average molecular weight is 463 g/mol. The average Bonchev–Trinajstić information content (AvgIpc) is 3.04. The first-order chi connectivity index (χ1) is 14.8. The maximum atomic E-state index is 12.8. The molecule has 1 saturated heterocycles. The Bertz CT molecular complexity index is 1080. The van der Waals surface area contributed by atoms with Crippen molar-refractivity contribution in [2.45, 2.75) is 30.6 Å². The molecule has 0 aliphatic carbocycles. The highest BCUT2D eigenvalue weighted by Gasteiger charge is 2.25. The first-order valence-corrected chi connectivity index (χ1v) is 11.6. The number of anilines is 1. The molecule has 0 radical (unpaired) electrons. The quantitative estimate of drug-likeness (QED) is 0.397. The van der Waals surface area contributed by atoms with E-state index in [-0.39, 0.29) is 21.3 Å². The Morgan fingerprint density at radius 2 is 1.61 bits per heavy atom. The minimum absolute atomic E-state index is 0.0636. The molecule has 1 heterocycles. The fraction of sp³-hybridized carbons (Fsp3) is 0.300. The topological polar surface area (TPSA) is 122 Å². The number of rotatable bonds is 5. The largest absolute Gasteiger partial charge is 0.332 e. The number of hydrogen-bond donors (Lipinski definition) is 2. The van der Waals surface area contributed by atoms with E-state index in [1.54, 1.807) is 12.1 Å². The van der Waals surface area contributed by atoms with Crippen molar-refractivity contribution < 1.29 is 18.1 Å². The first-order valence-electron chi connectivity index (χ1n) is 9.75.